The molecule has 23 heavy (non-hydrogen) atoms. The van der Waals surface area contributed by atoms with E-state index in [0.717, 1.165) is 0 Å². The van der Waals surface area contributed by atoms with Crippen LogP contribution in [0.3, 0.4) is 0 Å². The minimum Gasteiger partial charge on any atom is -0.454 e. The standard InChI is InChI=1S/C16H15FN2O4/c1-18-8-16(20)19-10-2-4-13(12(17)6-10)23-11-3-5-14-15(7-11)22-9-21-14/h2-7,18H,8-9H2,1H3,(H,19,20). The maximum Gasteiger partial charge on any atom is 0.238 e. The molecular formula is C16H15FN2O4. The van der Waals surface area contributed by atoms with Crippen LogP contribution in [0.2, 0.25) is 0 Å². The number of likely N-dealkylation sites (N-methyl/N-ethyl adjacent to an activating group) is 1. The lowest BCUT2D eigenvalue weighted by Gasteiger charge is -2.10. The van der Waals surface area contributed by atoms with Gasteiger partial charge in [0.15, 0.2) is 23.1 Å². The van der Waals surface area contributed by atoms with Crippen LogP contribution < -0.4 is 24.8 Å². The summed E-state index contributed by atoms with van der Waals surface area (Å²) in [4.78, 5) is 11.5. The summed E-state index contributed by atoms with van der Waals surface area (Å²) in [5.74, 6) is 0.830. The number of benzene rings is 2. The van der Waals surface area contributed by atoms with Crippen LogP contribution >= 0.6 is 0 Å². The minimum absolute atomic E-state index is 0.0514. The molecule has 0 spiro atoms. The van der Waals surface area contributed by atoms with E-state index in [-0.39, 0.29) is 25.0 Å². The van der Waals surface area contributed by atoms with Crippen molar-refractivity contribution in [3.8, 4) is 23.0 Å². The first kappa shape index (κ1) is 15.1. The van der Waals surface area contributed by atoms with Crippen LogP contribution in [0.1, 0.15) is 0 Å². The first-order chi connectivity index (χ1) is 11.2. The van der Waals surface area contributed by atoms with Crippen molar-refractivity contribution in [3.63, 3.8) is 0 Å². The zero-order chi connectivity index (χ0) is 16.2. The Morgan fingerprint density at radius 1 is 1.22 bits per heavy atom. The molecule has 2 aromatic carbocycles. The van der Waals surface area contributed by atoms with Crippen LogP contribution in [0.4, 0.5) is 10.1 Å². The fraction of sp³-hybridized carbons (Fsp3) is 0.188. The molecule has 6 nitrogen and oxygen atoms in total. The third-order valence-corrected chi connectivity index (χ3v) is 3.12. The Labute approximate surface area is 132 Å². The molecule has 2 aromatic rings. The molecule has 0 unspecified atom stereocenters. The van der Waals surface area contributed by atoms with Crippen LogP contribution in [0.25, 0.3) is 0 Å². The Morgan fingerprint density at radius 2 is 2.04 bits per heavy atom. The van der Waals surface area contributed by atoms with E-state index in [0.29, 0.717) is 22.9 Å². The number of halogens is 1. The van der Waals surface area contributed by atoms with Gasteiger partial charge in [0.05, 0.1) is 6.54 Å². The highest BCUT2D eigenvalue weighted by molar-refractivity contribution is 5.92. The van der Waals surface area contributed by atoms with Gasteiger partial charge >= 0.3 is 0 Å². The number of amides is 1. The molecular weight excluding hydrogens is 303 g/mol. The maximum atomic E-state index is 14.1. The minimum atomic E-state index is -0.579. The van der Waals surface area contributed by atoms with Crippen molar-refractivity contribution in [2.45, 2.75) is 0 Å². The molecule has 1 amide bonds. The molecule has 0 saturated heterocycles. The summed E-state index contributed by atoms with van der Waals surface area (Å²) in [6, 6.07) is 9.21. The molecule has 120 valence electrons. The molecule has 0 bridgehead atoms. The topological polar surface area (TPSA) is 68.8 Å². The zero-order valence-electron chi connectivity index (χ0n) is 12.4. The fourth-order valence-electron chi connectivity index (χ4n) is 2.09. The molecule has 0 aromatic heterocycles. The number of carbonyl (C=O) groups excluding carboxylic acids is 1. The monoisotopic (exact) mass is 318 g/mol. The van der Waals surface area contributed by atoms with Gasteiger partial charge in [-0.25, -0.2) is 4.39 Å². The van der Waals surface area contributed by atoms with E-state index < -0.39 is 5.82 Å². The van der Waals surface area contributed by atoms with Gasteiger partial charge < -0.3 is 24.8 Å². The predicted octanol–water partition coefficient (Wildman–Crippen LogP) is 2.50. The Hall–Kier alpha value is -2.80. The average molecular weight is 318 g/mol. The highest BCUT2D eigenvalue weighted by Crippen LogP contribution is 2.37. The molecule has 0 fully saturated rings. The molecule has 2 N–H and O–H groups in total. The van der Waals surface area contributed by atoms with Gasteiger partial charge in [-0.1, -0.05) is 0 Å². The van der Waals surface area contributed by atoms with Crippen molar-refractivity contribution in [1.29, 1.82) is 0 Å². The molecule has 0 atom stereocenters. The largest absolute Gasteiger partial charge is 0.454 e. The Morgan fingerprint density at radius 3 is 2.83 bits per heavy atom. The Balaban J connectivity index is 1.72. The number of rotatable bonds is 5. The zero-order valence-corrected chi connectivity index (χ0v) is 12.4. The molecule has 0 radical (unpaired) electrons. The Bertz CT molecular complexity index is 736. The van der Waals surface area contributed by atoms with E-state index in [1.165, 1.54) is 12.1 Å². The van der Waals surface area contributed by atoms with Crippen molar-refractivity contribution < 1.29 is 23.4 Å². The summed E-state index contributed by atoms with van der Waals surface area (Å²) in [6.45, 7) is 0.311. The van der Waals surface area contributed by atoms with E-state index in [4.69, 9.17) is 14.2 Å². The third-order valence-electron chi connectivity index (χ3n) is 3.12. The van der Waals surface area contributed by atoms with Crippen molar-refractivity contribution in [2.24, 2.45) is 0 Å². The maximum absolute atomic E-state index is 14.1. The summed E-state index contributed by atoms with van der Waals surface area (Å²) in [5, 5.41) is 5.29. The number of ether oxygens (including phenoxy) is 3. The van der Waals surface area contributed by atoms with Gasteiger partial charge in [-0.2, -0.15) is 0 Å². The number of fused-ring (bicyclic) bond motifs is 1. The van der Waals surface area contributed by atoms with Crippen LogP contribution in [0.15, 0.2) is 36.4 Å². The van der Waals surface area contributed by atoms with Gasteiger partial charge in [-0.05, 0) is 31.3 Å². The van der Waals surface area contributed by atoms with E-state index in [1.807, 2.05) is 0 Å². The van der Waals surface area contributed by atoms with Gasteiger partial charge in [0.1, 0.15) is 5.75 Å². The van der Waals surface area contributed by atoms with Crippen LogP contribution in [0, 0.1) is 5.82 Å². The fourth-order valence-corrected chi connectivity index (χ4v) is 2.09. The number of nitrogens with one attached hydrogen (secondary N) is 2. The third kappa shape index (κ3) is 3.51. The number of carbonyl (C=O) groups is 1. The SMILES string of the molecule is CNCC(=O)Nc1ccc(Oc2ccc3c(c2)OCO3)c(F)c1. The van der Waals surface area contributed by atoms with E-state index in [2.05, 4.69) is 10.6 Å². The molecule has 3 rings (SSSR count). The van der Waals surface area contributed by atoms with Crippen LogP contribution in [-0.4, -0.2) is 26.3 Å². The molecule has 0 aliphatic carbocycles. The van der Waals surface area contributed by atoms with Gasteiger partial charge in [-0.15, -0.1) is 0 Å². The van der Waals surface area contributed by atoms with E-state index in [1.54, 1.807) is 31.3 Å². The normalized spacial score (nSPS) is 12.1. The van der Waals surface area contributed by atoms with E-state index in [9.17, 15) is 9.18 Å². The van der Waals surface area contributed by atoms with Crippen molar-refractivity contribution in [3.05, 3.63) is 42.2 Å². The lowest BCUT2D eigenvalue weighted by Crippen LogP contribution is -2.25. The number of hydrogen-bond acceptors (Lipinski definition) is 5. The van der Waals surface area contributed by atoms with Crippen LogP contribution in [-0.2, 0) is 4.79 Å². The first-order valence-electron chi connectivity index (χ1n) is 6.97. The van der Waals surface area contributed by atoms with Gasteiger partial charge in [0.25, 0.3) is 0 Å². The summed E-state index contributed by atoms with van der Waals surface area (Å²) >= 11 is 0. The molecule has 1 aliphatic heterocycles. The summed E-state index contributed by atoms with van der Waals surface area (Å²) in [6.07, 6.45) is 0. The molecule has 1 aliphatic rings. The highest BCUT2D eigenvalue weighted by Gasteiger charge is 2.15. The van der Waals surface area contributed by atoms with Crippen molar-refractivity contribution >= 4 is 11.6 Å². The van der Waals surface area contributed by atoms with Crippen molar-refractivity contribution in [1.82, 2.24) is 5.32 Å². The second kappa shape index (κ2) is 6.53. The average Bonchev–Trinajstić information content (AvgIpc) is 2.98. The number of anilines is 1. The predicted molar refractivity (Wildman–Crippen MR) is 81.6 cm³/mol. The second-order valence-electron chi connectivity index (χ2n) is 4.84. The summed E-state index contributed by atoms with van der Waals surface area (Å²) in [5.41, 5.74) is 0.362. The first-order valence-corrected chi connectivity index (χ1v) is 6.97. The van der Waals surface area contributed by atoms with Gasteiger partial charge in [-0.3, -0.25) is 4.79 Å². The Kier molecular flexibility index (Phi) is 4.29. The summed E-state index contributed by atoms with van der Waals surface area (Å²) in [7, 11) is 1.66. The molecule has 7 heteroatoms. The number of hydrogen-bond donors (Lipinski definition) is 2. The highest BCUT2D eigenvalue weighted by atomic mass is 19.1. The van der Waals surface area contributed by atoms with Gasteiger partial charge in [0.2, 0.25) is 12.7 Å². The lowest BCUT2D eigenvalue weighted by atomic mass is 10.2. The van der Waals surface area contributed by atoms with Gasteiger partial charge in [0, 0.05) is 17.8 Å². The summed E-state index contributed by atoms with van der Waals surface area (Å²) < 4.78 is 30.1. The lowest BCUT2D eigenvalue weighted by molar-refractivity contribution is -0.115. The smallest absolute Gasteiger partial charge is 0.238 e. The second-order valence-corrected chi connectivity index (χ2v) is 4.84. The van der Waals surface area contributed by atoms with Crippen molar-refractivity contribution in [2.75, 3.05) is 25.7 Å². The molecule has 0 saturated carbocycles. The molecule has 1 heterocycles. The van der Waals surface area contributed by atoms with Crippen LogP contribution in [0.5, 0.6) is 23.0 Å². The quantitative estimate of drug-likeness (QED) is 0.886. The van der Waals surface area contributed by atoms with E-state index >= 15 is 0 Å².